The third kappa shape index (κ3) is 10.9. The van der Waals surface area contributed by atoms with Crippen LogP contribution in [0.25, 0.3) is 0 Å². The molecular formula is C34H46N4O6S. The van der Waals surface area contributed by atoms with E-state index in [2.05, 4.69) is 35.7 Å². The van der Waals surface area contributed by atoms with Crippen LogP contribution in [-0.2, 0) is 30.7 Å². The molecule has 0 fully saturated rings. The predicted molar refractivity (Wildman–Crippen MR) is 174 cm³/mol. The number of sulfonamides is 1. The van der Waals surface area contributed by atoms with Gasteiger partial charge < -0.3 is 9.47 Å². The first-order chi connectivity index (χ1) is 21.0. The fourth-order valence-electron chi connectivity index (χ4n) is 4.73. The van der Waals surface area contributed by atoms with Crippen molar-refractivity contribution in [2.24, 2.45) is 0 Å². The molecule has 3 aromatic rings. The molecule has 2 heterocycles. The minimum atomic E-state index is -4.00. The predicted octanol–water partition coefficient (Wildman–Crippen LogP) is 6.73. The number of hydrogen-bond acceptors (Lipinski definition) is 8. The van der Waals surface area contributed by atoms with Gasteiger partial charge in [0.15, 0.2) is 0 Å². The maximum Gasteiger partial charge on any atom is 0.416 e. The molecule has 3 rings (SSSR count). The molecule has 1 unspecified atom stereocenters. The van der Waals surface area contributed by atoms with Gasteiger partial charge in [-0.25, -0.2) is 22.9 Å². The number of amides is 1. The summed E-state index contributed by atoms with van der Waals surface area (Å²) in [6, 6.07) is 15.2. The number of nitrogens with one attached hydrogen (secondary N) is 1. The zero-order valence-corrected chi connectivity index (χ0v) is 28.3. The van der Waals surface area contributed by atoms with Crippen molar-refractivity contribution in [3.8, 4) is 0 Å². The Morgan fingerprint density at radius 2 is 1.53 bits per heavy atom. The standard InChI is InChI=1S/C34H46N4O6S/c1-9-25(10-2)26-18-16-24(17-19-26)21-29(37-45(41,42)27-13-12-20-35-22-27)28-14-11-15-30(36-28)38(32(40)44-34(6,7)8)23-31(39)43-33(3,4)5/h11-20,22,25,29,37H,9-10,21,23H2,1-8H3. The van der Waals surface area contributed by atoms with E-state index >= 15 is 0 Å². The van der Waals surface area contributed by atoms with Crippen LogP contribution in [0.15, 0.2) is 71.9 Å². The molecule has 0 aliphatic carbocycles. The van der Waals surface area contributed by atoms with Crippen LogP contribution in [-0.4, -0.2) is 48.2 Å². The van der Waals surface area contributed by atoms with E-state index in [-0.39, 0.29) is 17.1 Å². The lowest BCUT2D eigenvalue weighted by atomic mass is 9.92. The molecule has 45 heavy (non-hydrogen) atoms. The van der Waals surface area contributed by atoms with Gasteiger partial charge in [0, 0.05) is 12.4 Å². The lowest BCUT2D eigenvalue weighted by molar-refractivity contribution is -0.153. The number of carbonyl (C=O) groups excluding carboxylic acids is 2. The number of aromatic nitrogens is 2. The van der Waals surface area contributed by atoms with Crippen molar-refractivity contribution in [1.82, 2.24) is 14.7 Å². The van der Waals surface area contributed by atoms with E-state index in [1.54, 1.807) is 65.8 Å². The highest BCUT2D eigenvalue weighted by Crippen LogP contribution is 2.27. The summed E-state index contributed by atoms with van der Waals surface area (Å²) >= 11 is 0. The van der Waals surface area contributed by atoms with Crippen LogP contribution in [0.1, 0.15) is 97.0 Å². The summed E-state index contributed by atoms with van der Waals surface area (Å²) in [5.41, 5.74) is 0.858. The fraction of sp³-hybridized carbons (Fsp3) is 0.471. The molecule has 0 saturated heterocycles. The van der Waals surface area contributed by atoms with Crippen molar-refractivity contribution in [2.45, 2.75) is 103 Å². The van der Waals surface area contributed by atoms with E-state index in [1.807, 2.05) is 12.1 Å². The van der Waals surface area contributed by atoms with Gasteiger partial charge in [0.1, 0.15) is 28.5 Å². The Labute approximate surface area is 267 Å². The minimum absolute atomic E-state index is 0.00976. The van der Waals surface area contributed by atoms with Crippen molar-refractivity contribution in [3.63, 3.8) is 0 Å². The van der Waals surface area contributed by atoms with Gasteiger partial charge in [-0.2, -0.15) is 0 Å². The molecule has 1 N–H and O–H groups in total. The van der Waals surface area contributed by atoms with Crippen LogP contribution >= 0.6 is 0 Å². The van der Waals surface area contributed by atoms with E-state index in [9.17, 15) is 18.0 Å². The molecular weight excluding hydrogens is 592 g/mol. The Balaban J connectivity index is 2.04. The van der Waals surface area contributed by atoms with E-state index in [1.165, 1.54) is 24.0 Å². The number of anilines is 1. The monoisotopic (exact) mass is 638 g/mol. The van der Waals surface area contributed by atoms with E-state index < -0.39 is 45.9 Å². The summed E-state index contributed by atoms with van der Waals surface area (Å²) in [4.78, 5) is 35.9. The summed E-state index contributed by atoms with van der Waals surface area (Å²) in [5.74, 6) is -0.0877. The van der Waals surface area contributed by atoms with Crippen molar-refractivity contribution < 1.29 is 27.5 Å². The quantitative estimate of drug-likeness (QED) is 0.217. The van der Waals surface area contributed by atoms with Gasteiger partial charge in [-0.3, -0.25) is 14.7 Å². The van der Waals surface area contributed by atoms with Crippen LogP contribution in [0.2, 0.25) is 0 Å². The number of hydrogen-bond donors (Lipinski definition) is 1. The number of rotatable bonds is 12. The summed E-state index contributed by atoms with van der Waals surface area (Å²) in [6.45, 7) is 14.2. The molecule has 10 nitrogen and oxygen atoms in total. The van der Waals surface area contributed by atoms with Gasteiger partial charge in [0.05, 0.1) is 11.7 Å². The van der Waals surface area contributed by atoms with Gasteiger partial charge >= 0.3 is 12.1 Å². The second kappa shape index (κ2) is 15.0. The summed E-state index contributed by atoms with van der Waals surface area (Å²) in [7, 11) is -4.00. The Hall–Kier alpha value is -3.83. The smallest absolute Gasteiger partial charge is 0.416 e. The molecule has 0 bridgehead atoms. The summed E-state index contributed by atoms with van der Waals surface area (Å²) in [5, 5.41) is 0. The molecule has 11 heteroatoms. The largest absolute Gasteiger partial charge is 0.459 e. The van der Waals surface area contributed by atoms with Crippen molar-refractivity contribution in [2.75, 3.05) is 11.4 Å². The summed E-state index contributed by atoms with van der Waals surface area (Å²) < 4.78 is 40.8. The normalized spacial score (nSPS) is 12.9. The Morgan fingerprint density at radius 1 is 0.889 bits per heavy atom. The van der Waals surface area contributed by atoms with Gasteiger partial charge in [0.25, 0.3) is 0 Å². The summed E-state index contributed by atoms with van der Waals surface area (Å²) in [6.07, 6.45) is 4.31. The first kappa shape index (κ1) is 35.6. The molecule has 0 aliphatic heterocycles. The molecule has 0 aliphatic rings. The van der Waals surface area contributed by atoms with Crippen LogP contribution in [0, 0.1) is 0 Å². The first-order valence-corrected chi connectivity index (χ1v) is 16.7. The maximum atomic E-state index is 13.5. The lowest BCUT2D eigenvalue weighted by Gasteiger charge is -2.28. The molecule has 0 spiro atoms. The van der Waals surface area contributed by atoms with Gasteiger partial charge in [-0.1, -0.05) is 44.2 Å². The van der Waals surface area contributed by atoms with Gasteiger partial charge in [-0.05, 0) is 102 Å². The van der Waals surface area contributed by atoms with Crippen molar-refractivity contribution >= 4 is 27.9 Å². The topological polar surface area (TPSA) is 128 Å². The lowest BCUT2D eigenvalue weighted by Crippen LogP contribution is -2.42. The van der Waals surface area contributed by atoms with E-state index in [0.29, 0.717) is 11.6 Å². The molecule has 1 amide bonds. The highest BCUT2D eigenvalue weighted by atomic mass is 32.2. The Morgan fingerprint density at radius 3 is 2.09 bits per heavy atom. The van der Waals surface area contributed by atoms with E-state index in [0.717, 1.165) is 23.3 Å². The molecule has 0 radical (unpaired) electrons. The fourth-order valence-corrected chi connectivity index (χ4v) is 5.90. The van der Waals surface area contributed by atoms with Crippen molar-refractivity contribution in [1.29, 1.82) is 0 Å². The zero-order valence-electron chi connectivity index (χ0n) is 27.5. The van der Waals surface area contributed by atoms with Crippen molar-refractivity contribution in [3.05, 3.63) is 83.8 Å². The average Bonchev–Trinajstić information content (AvgIpc) is 2.95. The van der Waals surface area contributed by atoms with Gasteiger partial charge in [0.2, 0.25) is 10.0 Å². The van der Waals surface area contributed by atoms with Crippen LogP contribution in [0.4, 0.5) is 10.6 Å². The highest BCUT2D eigenvalue weighted by molar-refractivity contribution is 7.89. The second-order valence-electron chi connectivity index (χ2n) is 12.9. The number of nitrogens with zero attached hydrogens (tertiary/aromatic N) is 3. The third-order valence-corrected chi connectivity index (χ3v) is 8.29. The number of ether oxygens (including phenoxy) is 2. The Bertz CT molecular complexity index is 1530. The van der Waals surface area contributed by atoms with Crippen LogP contribution in [0.5, 0.6) is 0 Å². The molecule has 1 atom stereocenters. The molecule has 2 aromatic heterocycles. The molecule has 1 aromatic carbocycles. The zero-order chi connectivity index (χ0) is 33.4. The first-order valence-electron chi connectivity index (χ1n) is 15.2. The van der Waals surface area contributed by atoms with E-state index in [4.69, 9.17) is 14.5 Å². The average molecular weight is 639 g/mol. The van der Waals surface area contributed by atoms with Gasteiger partial charge in [-0.15, -0.1) is 0 Å². The number of esters is 1. The SMILES string of the molecule is CCC(CC)c1ccc(CC(NS(=O)(=O)c2cccnc2)c2cccc(N(CC(=O)OC(C)(C)C)C(=O)OC(C)(C)C)n2)cc1. The number of pyridine rings is 2. The van der Waals surface area contributed by atoms with Crippen LogP contribution in [0.3, 0.4) is 0 Å². The highest BCUT2D eigenvalue weighted by Gasteiger charge is 2.30. The number of benzene rings is 1. The molecule has 0 saturated carbocycles. The third-order valence-electron chi connectivity index (χ3n) is 6.83. The minimum Gasteiger partial charge on any atom is -0.459 e. The second-order valence-corrected chi connectivity index (χ2v) is 14.6. The number of carbonyl (C=O) groups is 2. The van der Waals surface area contributed by atoms with Crippen LogP contribution < -0.4 is 9.62 Å². The Kier molecular flexibility index (Phi) is 11.9. The molecule has 244 valence electrons. The maximum absolute atomic E-state index is 13.5.